The van der Waals surface area contributed by atoms with E-state index in [1.807, 2.05) is 4.57 Å². The molecule has 1 aliphatic heterocycles. The Labute approximate surface area is 133 Å². The van der Waals surface area contributed by atoms with Crippen LogP contribution in [-0.4, -0.2) is 61.4 Å². The summed E-state index contributed by atoms with van der Waals surface area (Å²) < 4.78 is 7.11. The Bertz CT molecular complexity index is 688. The van der Waals surface area contributed by atoms with Crippen LogP contribution in [0, 0.1) is 0 Å². The lowest BCUT2D eigenvalue weighted by molar-refractivity contribution is 0.101. The number of unbranched alkanes of at least 4 members (excludes halogenated alkanes) is 1. The number of aryl methyl sites for hydroxylation is 1. The standard InChI is InChI=1S/C14H20N6O3/c15-12-11-13(17-8-16-12)20(9-18-11)4-1-2-6-23-14(22)19-5-3-10(21)7-19/h8-10,21H,1-7H2,(H2,15,16,17). The van der Waals surface area contributed by atoms with Gasteiger partial charge in [-0.2, -0.15) is 0 Å². The van der Waals surface area contributed by atoms with Gasteiger partial charge in [0.1, 0.15) is 11.8 Å². The van der Waals surface area contributed by atoms with Crippen molar-refractivity contribution in [1.82, 2.24) is 24.4 Å². The van der Waals surface area contributed by atoms with Gasteiger partial charge in [-0.25, -0.2) is 19.7 Å². The molecule has 1 saturated heterocycles. The first-order chi connectivity index (χ1) is 11.1. The molecule has 2 aromatic heterocycles. The lowest BCUT2D eigenvalue weighted by atomic mass is 10.3. The second-order valence-electron chi connectivity index (χ2n) is 5.58. The molecule has 1 unspecified atom stereocenters. The molecule has 23 heavy (non-hydrogen) atoms. The number of aliphatic hydroxyl groups excluding tert-OH is 1. The molecule has 1 amide bonds. The number of nitrogen functional groups attached to an aromatic ring is 1. The summed E-state index contributed by atoms with van der Waals surface area (Å²) in [6, 6.07) is 0. The Kier molecular flexibility index (Phi) is 4.56. The van der Waals surface area contributed by atoms with Crippen molar-refractivity contribution in [2.24, 2.45) is 0 Å². The highest BCUT2D eigenvalue weighted by atomic mass is 16.6. The van der Waals surface area contributed by atoms with Gasteiger partial charge in [0.25, 0.3) is 0 Å². The predicted molar refractivity (Wildman–Crippen MR) is 82.5 cm³/mol. The van der Waals surface area contributed by atoms with Crippen LogP contribution in [0.15, 0.2) is 12.7 Å². The zero-order valence-corrected chi connectivity index (χ0v) is 12.8. The number of carbonyl (C=O) groups excluding carboxylic acids is 1. The number of likely N-dealkylation sites (tertiary alicyclic amines) is 1. The van der Waals surface area contributed by atoms with E-state index in [0.29, 0.717) is 49.6 Å². The summed E-state index contributed by atoms with van der Waals surface area (Å²) in [5.41, 5.74) is 7.05. The zero-order valence-electron chi connectivity index (χ0n) is 12.8. The molecular formula is C14H20N6O3. The number of carbonyl (C=O) groups is 1. The van der Waals surface area contributed by atoms with E-state index in [1.54, 1.807) is 6.33 Å². The number of anilines is 1. The third-order valence-corrected chi connectivity index (χ3v) is 3.87. The zero-order chi connectivity index (χ0) is 16.2. The van der Waals surface area contributed by atoms with Crippen molar-refractivity contribution in [3.8, 4) is 0 Å². The molecule has 0 saturated carbocycles. The molecule has 3 N–H and O–H groups in total. The molecule has 2 aromatic rings. The lowest BCUT2D eigenvalue weighted by Gasteiger charge is -2.15. The quantitative estimate of drug-likeness (QED) is 0.765. The number of rotatable bonds is 5. The van der Waals surface area contributed by atoms with E-state index in [0.717, 1.165) is 12.8 Å². The van der Waals surface area contributed by atoms with Gasteiger partial charge >= 0.3 is 6.09 Å². The number of β-amino-alcohol motifs (C(OH)–C–C–N with tert-alkyl or cyclic N) is 1. The molecule has 0 bridgehead atoms. The van der Waals surface area contributed by atoms with Crippen LogP contribution in [0.3, 0.4) is 0 Å². The number of aliphatic hydroxyl groups is 1. The van der Waals surface area contributed by atoms with E-state index in [-0.39, 0.29) is 6.09 Å². The molecule has 3 rings (SSSR count). The molecular weight excluding hydrogens is 300 g/mol. The van der Waals surface area contributed by atoms with Crippen molar-refractivity contribution < 1.29 is 14.6 Å². The third kappa shape index (κ3) is 3.50. The molecule has 1 fully saturated rings. The molecule has 3 heterocycles. The summed E-state index contributed by atoms with van der Waals surface area (Å²) in [6.07, 6.45) is 4.51. The van der Waals surface area contributed by atoms with Crippen LogP contribution in [-0.2, 0) is 11.3 Å². The fourth-order valence-corrected chi connectivity index (χ4v) is 2.61. The normalized spacial score (nSPS) is 17.8. The summed E-state index contributed by atoms with van der Waals surface area (Å²) in [6.45, 7) is 1.99. The SMILES string of the molecule is Nc1ncnc2c1ncn2CCCCOC(=O)N1CCC(O)C1. The van der Waals surface area contributed by atoms with Gasteiger partial charge in [-0.05, 0) is 19.3 Å². The van der Waals surface area contributed by atoms with E-state index in [1.165, 1.54) is 11.2 Å². The van der Waals surface area contributed by atoms with Crippen LogP contribution in [0.2, 0.25) is 0 Å². The van der Waals surface area contributed by atoms with Crippen LogP contribution in [0.1, 0.15) is 19.3 Å². The van der Waals surface area contributed by atoms with Gasteiger partial charge in [-0.1, -0.05) is 0 Å². The number of nitrogens with zero attached hydrogens (tertiary/aromatic N) is 5. The number of amides is 1. The van der Waals surface area contributed by atoms with Gasteiger partial charge in [0, 0.05) is 19.6 Å². The van der Waals surface area contributed by atoms with Crippen LogP contribution >= 0.6 is 0 Å². The number of ether oxygens (including phenoxy) is 1. The van der Waals surface area contributed by atoms with Crippen LogP contribution in [0.25, 0.3) is 11.2 Å². The highest BCUT2D eigenvalue weighted by molar-refractivity contribution is 5.81. The first kappa shape index (κ1) is 15.5. The fraction of sp³-hybridized carbons (Fsp3) is 0.571. The predicted octanol–water partition coefficient (Wildman–Crippen LogP) is 0.392. The Morgan fingerprint density at radius 1 is 1.39 bits per heavy atom. The molecule has 0 spiro atoms. The summed E-state index contributed by atoms with van der Waals surface area (Å²) in [7, 11) is 0. The summed E-state index contributed by atoms with van der Waals surface area (Å²) in [4.78, 5) is 25.6. The van der Waals surface area contributed by atoms with Crippen molar-refractivity contribution in [2.45, 2.75) is 31.9 Å². The topological polar surface area (TPSA) is 119 Å². The molecule has 9 nitrogen and oxygen atoms in total. The van der Waals surface area contributed by atoms with Gasteiger partial charge in [-0.3, -0.25) is 0 Å². The maximum atomic E-state index is 11.7. The van der Waals surface area contributed by atoms with Gasteiger partial charge < -0.3 is 25.0 Å². The highest BCUT2D eigenvalue weighted by Gasteiger charge is 2.25. The van der Waals surface area contributed by atoms with Crippen LogP contribution in [0.4, 0.5) is 10.6 Å². The van der Waals surface area contributed by atoms with E-state index in [2.05, 4.69) is 15.0 Å². The Balaban J connectivity index is 1.41. The Hall–Kier alpha value is -2.42. The van der Waals surface area contributed by atoms with E-state index < -0.39 is 6.10 Å². The number of aromatic nitrogens is 4. The number of imidazole rings is 1. The minimum atomic E-state index is -0.425. The average Bonchev–Trinajstić information content (AvgIpc) is 3.14. The number of hydrogen-bond acceptors (Lipinski definition) is 7. The minimum Gasteiger partial charge on any atom is -0.449 e. The third-order valence-electron chi connectivity index (χ3n) is 3.87. The Morgan fingerprint density at radius 2 is 2.26 bits per heavy atom. The van der Waals surface area contributed by atoms with E-state index in [4.69, 9.17) is 10.5 Å². The molecule has 124 valence electrons. The maximum absolute atomic E-state index is 11.7. The first-order valence-corrected chi connectivity index (χ1v) is 7.66. The molecule has 1 aliphatic rings. The van der Waals surface area contributed by atoms with Gasteiger partial charge in [0.05, 0.1) is 19.0 Å². The van der Waals surface area contributed by atoms with Crippen LogP contribution < -0.4 is 5.73 Å². The second-order valence-corrected chi connectivity index (χ2v) is 5.58. The number of fused-ring (bicyclic) bond motifs is 1. The first-order valence-electron chi connectivity index (χ1n) is 7.66. The molecule has 0 aromatic carbocycles. The average molecular weight is 320 g/mol. The van der Waals surface area contributed by atoms with Gasteiger partial charge in [0.15, 0.2) is 11.5 Å². The van der Waals surface area contributed by atoms with Crippen molar-refractivity contribution in [1.29, 1.82) is 0 Å². The monoisotopic (exact) mass is 320 g/mol. The number of hydrogen-bond donors (Lipinski definition) is 2. The van der Waals surface area contributed by atoms with Gasteiger partial charge in [-0.15, -0.1) is 0 Å². The van der Waals surface area contributed by atoms with Crippen molar-refractivity contribution in [2.75, 3.05) is 25.4 Å². The molecule has 9 heteroatoms. The fourth-order valence-electron chi connectivity index (χ4n) is 2.61. The highest BCUT2D eigenvalue weighted by Crippen LogP contribution is 2.15. The van der Waals surface area contributed by atoms with Crippen LogP contribution in [0.5, 0.6) is 0 Å². The largest absolute Gasteiger partial charge is 0.449 e. The summed E-state index contributed by atoms with van der Waals surface area (Å²) in [5, 5.41) is 9.39. The van der Waals surface area contributed by atoms with E-state index in [9.17, 15) is 9.90 Å². The molecule has 0 radical (unpaired) electrons. The smallest absolute Gasteiger partial charge is 0.409 e. The lowest BCUT2D eigenvalue weighted by Crippen LogP contribution is -2.30. The maximum Gasteiger partial charge on any atom is 0.409 e. The van der Waals surface area contributed by atoms with Crippen molar-refractivity contribution >= 4 is 23.1 Å². The molecule has 0 aliphatic carbocycles. The summed E-state index contributed by atoms with van der Waals surface area (Å²) in [5.74, 6) is 0.371. The Morgan fingerprint density at radius 3 is 3.04 bits per heavy atom. The van der Waals surface area contributed by atoms with Gasteiger partial charge in [0.2, 0.25) is 0 Å². The van der Waals surface area contributed by atoms with E-state index >= 15 is 0 Å². The second kappa shape index (κ2) is 6.78. The number of nitrogens with two attached hydrogens (primary N) is 1. The minimum absolute atomic E-state index is 0.352. The summed E-state index contributed by atoms with van der Waals surface area (Å²) >= 11 is 0. The molecule has 1 atom stereocenters. The van der Waals surface area contributed by atoms with Crippen molar-refractivity contribution in [3.63, 3.8) is 0 Å². The van der Waals surface area contributed by atoms with Crippen molar-refractivity contribution in [3.05, 3.63) is 12.7 Å².